The van der Waals surface area contributed by atoms with E-state index >= 15 is 0 Å². The van der Waals surface area contributed by atoms with Crippen molar-refractivity contribution in [3.05, 3.63) is 65.7 Å². The number of rotatable bonds is 8. The third-order valence-electron chi connectivity index (χ3n) is 5.85. The number of amides is 2. The number of sulfonamides is 1. The van der Waals surface area contributed by atoms with Gasteiger partial charge in [0.25, 0.3) is 5.91 Å². The van der Waals surface area contributed by atoms with Gasteiger partial charge in [0.2, 0.25) is 15.9 Å². The predicted molar refractivity (Wildman–Crippen MR) is 135 cm³/mol. The van der Waals surface area contributed by atoms with E-state index in [1.54, 1.807) is 24.3 Å². The summed E-state index contributed by atoms with van der Waals surface area (Å²) >= 11 is 0. The summed E-state index contributed by atoms with van der Waals surface area (Å²) in [5.41, 5.74) is 1.60. The first-order valence-electron chi connectivity index (χ1n) is 11.8. The van der Waals surface area contributed by atoms with Crippen LogP contribution in [0.4, 0.5) is 5.69 Å². The Bertz CT molecular complexity index is 1090. The second kappa shape index (κ2) is 11.1. The molecule has 184 valence electrons. The third kappa shape index (κ3) is 7.40. The average Bonchev–Trinajstić information content (AvgIpc) is 2.79. The van der Waals surface area contributed by atoms with Crippen molar-refractivity contribution in [3.63, 3.8) is 0 Å². The second-order valence-corrected chi connectivity index (χ2v) is 11.9. The van der Waals surface area contributed by atoms with Crippen molar-refractivity contribution >= 4 is 27.5 Å². The Labute approximate surface area is 203 Å². The zero-order valence-corrected chi connectivity index (χ0v) is 21.0. The molecule has 8 heteroatoms. The fourth-order valence-corrected chi connectivity index (χ4v) is 5.60. The molecular formula is C26H35N3O4S. The molecule has 0 spiro atoms. The summed E-state index contributed by atoms with van der Waals surface area (Å²) in [7, 11) is -3.35. The van der Waals surface area contributed by atoms with Gasteiger partial charge in [0, 0.05) is 24.5 Å². The van der Waals surface area contributed by atoms with Gasteiger partial charge in [-0.25, -0.2) is 12.7 Å². The number of carbonyl (C=O) groups excluding carboxylic acids is 2. The molecule has 0 aromatic heterocycles. The van der Waals surface area contributed by atoms with Crippen molar-refractivity contribution in [1.29, 1.82) is 0 Å². The molecule has 1 heterocycles. The van der Waals surface area contributed by atoms with Crippen molar-refractivity contribution in [3.8, 4) is 0 Å². The number of nitrogens with one attached hydrogen (secondary N) is 2. The molecular weight excluding hydrogens is 450 g/mol. The Morgan fingerprint density at radius 1 is 0.971 bits per heavy atom. The lowest BCUT2D eigenvalue weighted by atomic mass is 9.97. The van der Waals surface area contributed by atoms with Gasteiger partial charge in [-0.1, -0.05) is 42.5 Å². The maximum atomic E-state index is 12.9. The number of para-hydroxylation sites is 1. The lowest BCUT2D eigenvalue weighted by Gasteiger charge is -2.30. The number of hydrogen-bond acceptors (Lipinski definition) is 4. The largest absolute Gasteiger partial charge is 0.347 e. The van der Waals surface area contributed by atoms with Crippen LogP contribution in [-0.2, 0) is 21.2 Å². The van der Waals surface area contributed by atoms with Crippen LogP contribution in [0, 0.1) is 5.92 Å². The molecule has 0 radical (unpaired) electrons. The van der Waals surface area contributed by atoms with Crippen LogP contribution < -0.4 is 10.6 Å². The fourth-order valence-electron chi connectivity index (χ4n) is 4.06. The van der Waals surface area contributed by atoms with E-state index in [0.29, 0.717) is 43.6 Å². The van der Waals surface area contributed by atoms with Crippen molar-refractivity contribution in [2.75, 3.05) is 24.2 Å². The Morgan fingerprint density at radius 2 is 1.59 bits per heavy atom. The van der Waals surface area contributed by atoms with Gasteiger partial charge in [0.1, 0.15) is 0 Å². The van der Waals surface area contributed by atoms with Gasteiger partial charge >= 0.3 is 0 Å². The summed E-state index contributed by atoms with van der Waals surface area (Å²) in [4.78, 5) is 25.5. The normalized spacial score (nSPS) is 15.6. The molecule has 0 aliphatic carbocycles. The zero-order chi connectivity index (χ0) is 24.8. The highest BCUT2D eigenvalue weighted by molar-refractivity contribution is 7.89. The van der Waals surface area contributed by atoms with Gasteiger partial charge in [-0.2, -0.15) is 0 Å². The van der Waals surface area contributed by atoms with Gasteiger partial charge in [0.05, 0.1) is 17.0 Å². The van der Waals surface area contributed by atoms with Crippen LogP contribution in [0.3, 0.4) is 0 Å². The molecule has 0 atom stereocenters. The summed E-state index contributed by atoms with van der Waals surface area (Å²) in [6.07, 6.45) is 2.21. The maximum Gasteiger partial charge on any atom is 0.253 e. The first kappa shape index (κ1) is 25.9. The molecule has 0 unspecified atom stereocenters. The van der Waals surface area contributed by atoms with E-state index in [-0.39, 0.29) is 23.5 Å². The molecule has 2 aromatic rings. The highest BCUT2D eigenvalue weighted by atomic mass is 32.2. The molecule has 2 N–H and O–H groups in total. The average molecular weight is 486 g/mol. The van der Waals surface area contributed by atoms with E-state index in [2.05, 4.69) is 10.6 Å². The van der Waals surface area contributed by atoms with Gasteiger partial charge < -0.3 is 10.6 Å². The van der Waals surface area contributed by atoms with Crippen LogP contribution >= 0.6 is 0 Å². The summed E-state index contributed by atoms with van der Waals surface area (Å²) < 4.78 is 27.0. The lowest BCUT2D eigenvalue weighted by Crippen LogP contribution is -2.43. The van der Waals surface area contributed by atoms with Crippen LogP contribution in [0.5, 0.6) is 0 Å². The minimum Gasteiger partial charge on any atom is -0.347 e. The summed E-state index contributed by atoms with van der Waals surface area (Å²) in [6, 6.07) is 16.8. The summed E-state index contributed by atoms with van der Waals surface area (Å²) in [6.45, 7) is 6.36. The summed E-state index contributed by atoms with van der Waals surface area (Å²) in [5.74, 6) is -0.624. The third-order valence-corrected chi connectivity index (χ3v) is 7.80. The molecule has 1 aliphatic rings. The highest BCUT2D eigenvalue weighted by Gasteiger charge is 2.31. The monoisotopic (exact) mass is 485 g/mol. The molecule has 2 aromatic carbocycles. The Kier molecular flexibility index (Phi) is 8.49. The standard InChI is InChI=1S/C26H35N3O4S/c1-26(2,3)28-25(31)22-13-7-8-14-23(22)27-24(30)21-15-17-29(18-16-21)34(32,33)19-9-12-20-10-5-4-6-11-20/h4-8,10-11,13-14,21H,9,12,15-19H2,1-3H3,(H,27,30)(H,28,31). The van der Waals surface area contributed by atoms with Crippen molar-refractivity contribution in [2.24, 2.45) is 5.92 Å². The first-order chi connectivity index (χ1) is 16.0. The van der Waals surface area contributed by atoms with Gasteiger partial charge in [-0.05, 0) is 64.2 Å². The van der Waals surface area contributed by atoms with Crippen LogP contribution in [0.1, 0.15) is 56.0 Å². The molecule has 0 bridgehead atoms. The highest BCUT2D eigenvalue weighted by Crippen LogP contribution is 2.24. The maximum absolute atomic E-state index is 12.9. The lowest BCUT2D eigenvalue weighted by molar-refractivity contribution is -0.120. The van der Waals surface area contributed by atoms with E-state index in [1.807, 2.05) is 51.1 Å². The van der Waals surface area contributed by atoms with Crippen LogP contribution in [-0.4, -0.2) is 48.9 Å². The first-order valence-corrected chi connectivity index (χ1v) is 13.4. The molecule has 2 amide bonds. The molecule has 1 saturated heterocycles. The minimum absolute atomic E-state index is 0.106. The zero-order valence-electron chi connectivity index (χ0n) is 20.2. The van der Waals surface area contributed by atoms with E-state index in [0.717, 1.165) is 12.0 Å². The second-order valence-electron chi connectivity index (χ2n) is 9.82. The van der Waals surface area contributed by atoms with Crippen molar-refractivity contribution < 1.29 is 18.0 Å². The number of hydrogen-bond donors (Lipinski definition) is 2. The minimum atomic E-state index is -3.35. The van der Waals surface area contributed by atoms with Gasteiger partial charge in [-0.15, -0.1) is 0 Å². The van der Waals surface area contributed by atoms with Gasteiger partial charge in [0.15, 0.2) is 0 Å². The number of aryl methyl sites for hydroxylation is 1. The molecule has 1 aliphatic heterocycles. The number of piperidine rings is 1. The Hall–Kier alpha value is -2.71. The van der Waals surface area contributed by atoms with E-state index in [4.69, 9.17) is 0 Å². The van der Waals surface area contributed by atoms with E-state index in [1.165, 1.54) is 4.31 Å². The van der Waals surface area contributed by atoms with Crippen molar-refractivity contribution in [2.45, 2.75) is 52.0 Å². The molecule has 0 saturated carbocycles. The quantitative estimate of drug-likeness (QED) is 0.594. The summed E-state index contributed by atoms with van der Waals surface area (Å²) in [5, 5.41) is 5.80. The fraction of sp³-hybridized carbons (Fsp3) is 0.462. The Morgan fingerprint density at radius 3 is 2.24 bits per heavy atom. The number of nitrogens with zero attached hydrogens (tertiary/aromatic N) is 1. The molecule has 34 heavy (non-hydrogen) atoms. The van der Waals surface area contributed by atoms with Gasteiger partial charge in [-0.3, -0.25) is 9.59 Å². The number of benzene rings is 2. The predicted octanol–water partition coefficient (Wildman–Crippen LogP) is 3.83. The Balaban J connectivity index is 1.52. The smallest absolute Gasteiger partial charge is 0.253 e. The number of carbonyl (C=O) groups is 2. The van der Waals surface area contributed by atoms with Crippen LogP contribution in [0.25, 0.3) is 0 Å². The molecule has 1 fully saturated rings. The van der Waals surface area contributed by atoms with Crippen LogP contribution in [0.15, 0.2) is 54.6 Å². The SMILES string of the molecule is CC(C)(C)NC(=O)c1ccccc1NC(=O)C1CCN(S(=O)(=O)CCCc2ccccc2)CC1. The van der Waals surface area contributed by atoms with E-state index in [9.17, 15) is 18.0 Å². The molecule has 7 nitrogen and oxygen atoms in total. The van der Waals surface area contributed by atoms with E-state index < -0.39 is 15.6 Å². The van der Waals surface area contributed by atoms with Crippen molar-refractivity contribution in [1.82, 2.24) is 9.62 Å². The number of anilines is 1. The van der Waals surface area contributed by atoms with Crippen LogP contribution in [0.2, 0.25) is 0 Å². The topological polar surface area (TPSA) is 95.6 Å². The molecule has 3 rings (SSSR count).